The molecule has 0 spiro atoms. The minimum Gasteiger partial charge on any atom is -0.494 e. The van der Waals surface area contributed by atoms with E-state index in [2.05, 4.69) is 5.32 Å². The van der Waals surface area contributed by atoms with Crippen LogP contribution in [-0.2, 0) is 4.79 Å². The number of ether oxygens (including phenoxy) is 2. The Morgan fingerprint density at radius 1 is 1.18 bits per heavy atom. The first-order valence-electron chi connectivity index (χ1n) is 10.9. The standard InChI is InChI=1S/C24H31NO3/c1-4-27-18-5-6-19-20(25-23(2,3)28-21(19)10-18)11-22(26)24-12-15-7-16(13-24)9-17(8-15)14-24/h5-6,10-11,15-17,25H,4,7-9,12-14H2,1-3H3/b20-11+. The Balaban J connectivity index is 1.49. The van der Waals surface area contributed by atoms with E-state index in [4.69, 9.17) is 9.47 Å². The van der Waals surface area contributed by atoms with Crippen LogP contribution in [0, 0.1) is 23.2 Å². The lowest BCUT2D eigenvalue weighted by Gasteiger charge is -2.55. The van der Waals surface area contributed by atoms with Crippen molar-refractivity contribution in [1.29, 1.82) is 0 Å². The minimum atomic E-state index is -0.564. The van der Waals surface area contributed by atoms with Gasteiger partial charge in [0.2, 0.25) is 0 Å². The predicted octanol–water partition coefficient (Wildman–Crippen LogP) is 4.93. The second-order valence-corrected chi connectivity index (χ2v) is 9.95. The van der Waals surface area contributed by atoms with Gasteiger partial charge in [-0.05, 0) is 89.2 Å². The molecule has 150 valence electrons. The molecule has 4 heteroatoms. The summed E-state index contributed by atoms with van der Waals surface area (Å²) in [6, 6.07) is 5.89. The smallest absolute Gasteiger partial charge is 0.175 e. The van der Waals surface area contributed by atoms with Crippen molar-refractivity contribution in [3.8, 4) is 11.5 Å². The van der Waals surface area contributed by atoms with E-state index in [0.29, 0.717) is 12.4 Å². The van der Waals surface area contributed by atoms with Crippen LogP contribution in [0.1, 0.15) is 64.9 Å². The van der Waals surface area contributed by atoms with Crippen LogP contribution in [-0.4, -0.2) is 18.1 Å². The first-order valence-corrected chi connectivity index (χ1v) is 10.9. The van der Waals surface area contributed by atoms with Crippen LogP contribution in [0.15, 0.2) is 24.3 Å². The molecule has 0 amide bonds. The SMILES string of the molecule is CCOc1ccc2c(c1)OC(C)(C)N/C2=C/C(=O)C12CC3CC(CC(C3)C1)C2. The normalized spacial score (nSPS) is 35.8. The third-order valence-corrected chi connectivity index (χ3v) is 7.19. The van der Waals surface area contributed by atoms with Crippen molar-refractivity contribution in [2.45, 2.75) is 65.0 Å². The fourth-order valence-electron chi connectivity index (χ4n) is 6.57. The van der Waals surface area contributed by atoms with Gasteiger partial charge >= 0.3 is 0 Å². The summed E-state index contributed by atoms with van der Waals surface area (Å²) in [6.45, 7) is 6.58. The van der Waals surface area contributed by atoms with Crippen LogP contribution in [0.2, 0.25) is 0 Å². The monoisotopic (exact) mass is 381 g/mol. The summed E-state index contributed by atoms with van der Waals surface area (Å²) in [4.78, 5) is 13.6. The van der Waals surface area contributed by atoms with E-state index in [1.165, 1.54) is 19.3 Å². The molecule has 1 aliphatic heterocycles. The lowest BCUT2D eigenvalue weighted by Crippen LogP contribution is -2.50. The summed E-state index contributed by atoms with van der Waals surface area (Å²) in [7, 11) is 0. The van der Waals surface area contributed by atoms with Crippen LogP contribution >= 0.6 is 0 Å². The molecule has 0 saturated heterocycles. The van der Waals surface area contributed by atoms with E-state index >= 15 is 0 Å². The highest BCUT2D eigenvalue weighted by molar-refractivity contribution is 6.01. The maximum Gasteiger partial charge on any atom is 0.175 e. The molecule has 4 aliphatic carbocycles. The number of benzene rings is 1. The van der Waals surface area contributed by atoms with Gasteiger partial charge in [-0.15, -0.1) is 0 Å². The third kappa shape index (κ3) is 3.01. The highest BCUT2D eigenvalue weighted by atomic mass is 16.5. The summed E-state index contributed by atoms with van der Waals surface area (Å²) in [5, 5.41) is 3.44. The molecule has 1 N–H and O–H groups in total. The van der Waals surface area contributed by atoms with E-state index in [9.17, 15) is 4.79 Å². The van der Waals surface area contributed by atoms with Crippen LogP contribution in [0.5, 0.6) is 11.5 Å². The molecular weight excluding hydrogens is 350 g/mol. The average Bonchev–Trinajstić information content (AvgIpc) is 2.59. The molecule has 1 aromatic carbocycles. The number of allylic oxidation sites excluding steroid dienone is 1. The summed E-state index contributed by atoms with van der Waals surface area (Å²) in [5.41, 5.74) is 1.15. The van der Waals surface area contributed by atoms with Gasteiger partial charge in [-0.2, -0.15) is 0 Å². The Hall–Kier alpha value is -1.97. The Morgan fingerprint density at radius 3 is 2.43 bits per heavy atom. The lowest BCUT2D eigenvalue weighted by atomic mass is 9.48. The lowest BCUT2D eigenvalue weighted by molar-refractivity contribution is -0.138. The highest BCUT2D eigenvalue weighted by Crippen LogP contribution is 2.60. The fraction of sp³-hybridized carbons (Fsp3) is 0.625. The summed E-state index contributed by atoms with van der Waals surface area (Å²) < 4.78 is 11.8. The molecule has 4 nitrogen and oxygen atoms in total. The number of carbonyl (C=O) groups is 1. The quantitative estimate of drug-likeness (QED) is 0.751. The van der Waals surface area contributed by atoms with E-state index in [-0.39, 0.29) is 5.41 Å². The molecule has 0 unspecified atom stereocenters. The van der Waals surface area contributed by atoms with Gasteiger partial charge in [0.05, 0.1) is 12.3 Å². The average molecular weight is 382 g/mol. The zero-order valence-electron chi connectivity index (χ0n) is 17.2. The Morgan fingerprint density at radius 2 is 1.82 bits per heavy atom. The van der Waals surface area contributed by atoms with Crippen LogP contribution in [0.4, 0.5) is 0 Å². The van der Waals surface area contributed by atoms with Crippen molar-refractivity contribution in [2.24, 2.45) is 23.2 Å². The number of fused-ring (bicyclic) bond motifs is 1. The second-order valence-electron chi connectivity index (χ2n) is 9.95. The van der Waals surface area contributed by atoms with Crippen molar-refractivity contribution >= 4 is 11.5 Å². The van der Waals surface area contributed by atoms with Gasteiger partial charge in [0.1, 0.15) is 11.5 Å². The Bertz CT molecular complexity index is 803. The van der Waals surface area contributed by atoms with Gasteiger partial charge in [-0.1, -0.05) is 0 Å². The zero-order valence-corrected chi connectivity index (χ0v) is 17.2. The van der Waals surface area contributed by atoms with Crippen molar-refractivity contribution in [2.75, 3.05) is 6.61 Å². The van der Waals surface area contributed by atoms with Crippen LogP contribution in [0.25, 0.3) is 5.70 Å². The first kappa shape index (κ1) is 18.1. The maximum absolute atomic E-state index is 13.6. The van der Waals surface area contributed by atoms with Crippen molar-refractivity contribution in [3.05, 3.63) is 29.8 Å². The maximum atomic E-state index is 13.6. The number of rotatable bonds is 4. The van der Waals surface area contributed by atoms with Gasteiger partial charge in [-0.25, -0.2) is 0 Å². The summed E-state index contributed by atoms with van der Waals surface area (Å²) in [5.74, 6) is 4.22. The molecule has 5 aliphatic rings. The number of ketones is 1. The van der Waals surface area contributed by atoms with Gasteiger partial charge in [0.15, 0.2) is 11.5 Å². The molecule has 0 atom stereocenters. The first-order chi connectivity index (χ1) is 13.4. The van der Waals surface area contributed by atoms with Crippen molar-refractivity contribution in [3.63, 3.8) is 0 Å². The van der Waals surface area contributed by atoms with E-state index in [1.54, 1.807) is 0 Å². The molecule has 4 fully saturated rings. The second kappa shape index (κ2) is 6.27. The number of carbonyl (C=O) groups excluding carboxylic acids is 1. The molecule has 4 bridgehead atoms. The third-order valence-electron chi connectivity index (χ3n) is 7.19. The molecule has 0 radical (unpaired) electrons. The fourth-order valence-corrected chi connectivity index (χ4v) is 6.57. The molecule has 28 heavy (non-hydrogen) atoms. The number of hydrogen-bond donors (Lipinski definition) is 1. The predicted molar refractivity (Wildman–Crippen MR) is 109 cm³/mol. The topological polar surface area (TPSA) is 47.6 Å². The zero-order chi connectivity index (χ0) is 19.5. The molecule has 4 saturated carbocycles. The number of nitrogens with one attached hydrogen (secondary N) is 1. The molecule has 1 aromatic rings. The van der Waals surface area contributed by atoms with E-state index in [0.717, 1.165) is 59.8 Å². The minimum absolute atomic E-state index is 0.114. The Labute approximate surface area is 167 Å². The highest BCUT2D eigenvalue weighted by Gasteiger charge is 2.54. The summed E-state index contributed by atoms with van der Waals surface area (Å²) in [6.07, 6.45) is 9.23. The summed E-state index contributed by atoms with van der Waals surface area (Å²) >= 11 is 0. The molecular formula is C24H31NO3. The van der Waals surface area contributed by atoms with E-state index < -0.39 is 5.72 Å². The van der Waals surface area contributed by atoms with Crippen LogP contribution < -0.4 is 14.8 Å². The van der Waals surface area contributed by atoms with Gasteiger partial charge in [0.25, 0.3) is 0 Å². The molecule has 0 aromatic heterocycles. The molecule has 1 heterocycles. The van der Waals surface area contributed by atoms with Crippen molar-refractivity contribution < 1.29 is 14.3 Å². The largest absolute Gasteiger partial charge is 0.494 e. The molecule has 6 rings (SSSR count). The van der Waals surface area contributed by atoms with Gasteiger partial charge in [-0.3, -0.25) is 4.79 Å². The van der Waals surface area contributed by atoms with Gasteiger partial charge < -0.3 is 14.8 Å². The number of hydrogen-bond acceptors (Lipinski definition) is 4. The van der Waals surface area contributed by atoms with Crippen LogP contribution in [0.3, 0.4) is 0 Å². The van der Waals surface area contributed by atoms with Gasteiger partial charge in [0, 0.05) is 23.1 Å². The van der Waals surface area contributed by atoms with E-state index in [1.807, 2.05) is 45.0 Å². The Kier molecular flexibility index (Phi) is 4.05. The van der Waals surface area contributed by atoms with Crippen molar-refractivity contribution in [1.82, 2.24) is 5.32 Å².